The number of hydrogen-bond donors (Lipinski definition) is 0. The van der Waals surface area contributed by atoms with Gasteiger partial charge in [0.1, 0.15) is 0 Å². The molecule has 0 N–H and O–H groups in total. The Kier molecular flexibility index (Phi) is 2.68. The first-order valence-corrected chi connectivity index (χ1v) is 4.83. The fourth-order valence-corrected chi connectivity index (χ4v) is 1.71. The van der Waals surface area contributed by atoms with Crippen molar-refractivity contribution in [1.82, 2.24) is 4.98 Å². The molecule has 4 heteroatoms. The maximum atomic E-state index is 11.3. The standard InChI is InChI=1S/C11H13NO3/c1-14-10(13)6-11(7-15-8-11)9-4-2-3-5-12-9/h2-5H,6-8H2,1H3. The van der Waals surface area contributed by atoms with Gasteiger partial charge in [0.05, 0.1) is 37.9 Å². The fourth-order valence-electron chi connectivity index (χ4n) is 1.71. The third kappa shape index (κ3) is 1.85. The van der Waals surface area contributed by atoms with Gasteiger partial charge in [-0.15, -0.1) is 0 Å². The van der Waals surface area contributed by atoms with Crippen molar-refractivity contribution in [3.63, 3.8) is 0 Å². The molecule has 1 aromatic heterocycles. The van der Waals surface area contributed by atoms with Crippen molar-refractivity contribution in [3.8, 4) is 0 Å². The summed E-state index contributed by atoms with van der Waals surface area (Å²) in [5.74, 6) is -0.219. The minimum absolute atomic E-state index is 0.219. The van der Waals surface area contributed by atoms with Gasteiger partial charge in [-0.25, -0.2) is 0 Å². The van der Waals surface area contributed by atoms with Gasteiger partial charge in [-0.3, -0.25) is 9.78 Å². The molecule has 2 rings (SSSR count). The lowest BCUT2D eigenvalue weighted by Crippen LogP contribution is -2.49. The zero-order valence-electron chi connectivity index (χ0n) is 8.60. The van der Waals surface area contributed by atoms with E-state index in [0.717, 1.165) is 5.69 Å². The molecular formula is C11H13NO3. The number of carbonyl (C=O) groups is 1. The Hall–Kier alpha value is -1.42. The summed E-state index contributed by atoms with van der Waals surface area (Å²) in [5.41, 5.74) is 0.635. The van der Waals surface area contributed by atoms with Gasteiger partial charge in [-0.05, 0) is 12.1 Å². The van der Waals surface area contributed by atoms with Crippen molar-refractivity contribution in [1.29, 1.82) is 0 Å². The van der Waals surface area contributed by atoms with Crippen LogP contribution in [0.1, 0.15) is 12.1 Å². The van der Waals surface area contributed by atoms with E-state index in [0.29, 0.717) is 19.6 Å². The third-order valence-corrected chi connectivity index (χ3v) is 2.68. The van der Waals surface area contributed by atoms with E-state index in [4.69, 9.17) is 4.74 Å². The van der Waals surface area contributed by atoms with Crippen LogP contribution in [-0.4, -0.2) is 31.3 Å². The van der Waals surface area contributed by atoms with Crippen LogP contribution in [0.2, 0.25) is 0 Å². The Morgan fingerprint density at radius 1 is 1.60 bits per heavy atom. The molecule has 0 amide bonds. The summed E-state index contributed by atoms with van der Waals surface area (Å²) in [6, 6.07) is 5.69. The van der Waals surface area contributed by atoms with Crippen molar-refractivity contribution < 1.29 is 14.3 Å². The predicted molar refractivity (Wildman–Crippen MR) is 53.4 cm³/mol. The van der Waals surface area contributed by atoms with Crippen molar-refractivity contribution >= 4 is 5.97 Å². The molecule has 1 saturated heterocycles. The molecule has 0 aliphatic carbocycles. The van der Waals surface area contributed by atoms with Gasteiger partial charge in [0.2, 0.25) is 0 Å². The molecule has 15 heavy (non-hydrogen) atoms. The Labute approximate surface area is 88.2 Å². The van der Waals surface area contributed by atoms with Crippen LogP contribution in [0.4, 0.5) is 0 Å². The first-order chi connectivity index (χ1) is 7.27. The van der Waals surface area contributed by atoms with Crippen LogP contribution in [0.5, 0.6) is 0 Å². The third-order valence-electron chi connectivity index (χ3n) is 2.68. The number of carbonyl (C=O) groups excluding carboxylic acids is 1. The average Bonchev–Trinajstić information content (AvgIpc) is 2.24. The number of methoxy groups -OCH3 is 1. The van der Waals surface area contributed by atoms with Crippen LogP contribution >= 0.6 is 0 Å². The summed E-state index contributed by atoms with van der Waals surface area (Å²) in [5, 5.41) is 0. The first kappa shape index (κ1) is 10.1. The Morgan fingerprint density at radius 2 is 2.40 bits per heavy atom. The molecule has 0 bridgehead atoms. The highest BCUT2D eigenvalue weighted by molar-refractivity contribution is 5.71. The molecule has 0 aromatic carbocycles. The molecule has 0 spiro atoms. The van der Waals surface area contributed by atoms with Crippen LogP contribution in [0.25, 0.3) is 0 Å². The van der Waals surface area contributed by atoms with Crippen molar-refractivity contribution in [2.45, 2.75) is 11.8 Å². The van der Waals surface area contributed by atoms with Gasteiger partial charge >= 0.3 is 5.97 Å². The zero-order valence-corrected chi connectivity index (χ0v) is 8.60. The van der Waals surface area contributed by atoms with Gasteiger partial charge in [0, 0.05) is 6.20 Å². The predicted octanol–water partition coefficient (Wildman–Crippen LogP) is 0.913. The molecule has 0 unspecified atom stereocenters. The van der Waals surface area contributed by atoms with Gasteiger partial charge in [0.25, 0.3) is 0 Å². The normalized spacial score (nSPS) is 17.9. The number of ether oxygens (including phenoxy) is 2. The Morgan fingerprint density at radius 3 is 2.87 bits per heavy atom. The number of pyridine rings is 1. The average molecular weight is 207 g/mol. The van der Waals surface area contributed by atoms with Gasteiger partial charge in [-0.2, -0.15) is 0 Å². The summed E-state index contributed by atoms with van der Waals surface area (Å²) in [6.45, 7) is 1.08. The van der Waals surface area contributed by atoms with Crippen LogP contribution in [-0.2, 0) is 19.7 Å². The Balaban J connectivity index is 2.19. The number of rotatable bonds is 3. The quantitative estimate of drug-likeness (QED) is 0.691. The summed E-state index contributed by atoms with van der Waals surface area (Å²) < 4.78 is 9.87. The van der Waals surface area contributed by atoms with E-state index in [1.165, 1.54) is 7.11 Å². The number of nitrogens with zero attached hydrogens (tertiary/aromatic N) is 1. The summed E-state index contributed by atoms with van der Waals surface area (Å²) in [4.78, 5) is 15.6. The highest BCUT2D eigenvalue weighted by Crippen LogP contribution is 2.34. The van der Waals surface area contributed by atoms with E-state index in [2.05, 4.69) is 9.72 Å². The van der Waals surface area contributed by atoms with Gasteiger partial charge < -0.3 is 9.47 Å². The second-order valence-corrected chi connectivity index (χ2v) is 3.74. The van der Waals surface area contributed by atoms with Crippen molar-refractivity contribution in [2.24, 2.45) is 0 Å². The monoisotopic (exact) mass is 207 g/mol. The molecular weight excluding hydrogens is 194 g/mol. The molecule has 0 saturated carbocycles. The lowest BCUT2D eigenvalue weighted by atomic mass is 9.79. The molecule has 1 aliphatic rings. The second kappa shape index (κ2) is 3.98. The number of aromatic nitrogens is 1. The van der Waals surface area contributed by atoms with E-state index in [-0.39, 0.29) is 11.4 Å². The van der Waals surface area contributed by atoms with E-state index < -0.39 is 0 Å². The first-order valence-electron chi connectivity index (χ1n) is 4.83. The lowest BCUT2D eigenvalue weighted by Gasteiger charge is -2.39. The molecule has 80 valence electrons. The zero-order chi connectivity index (χ0) is 10.7. The molecule has 1 aliphatic heterocycles. The smallest absolute Gasteiger partial charge is 0.306 e. The van der Waals surface area contributed by atoms with Crippen LogP contribution < -0.4 is 0 Å². The molecule has 4 nitrogen and oxygen atoms in total. The molecule has 1 aromatic rings. The van der Waals surface area contributed by atoms with Crippen LogP contribution in [0.3, 0.4) is 0 Å². The largest absolute Gasteiger partial charge is 0.469 e. The minimum atomic E-state index is -0.269. The second-order valence-electron chi connectivity index (χ2n) is 3.74. The van der Waals surface area contributed by atoms with E-state index >= 15 is 0 Å². The lowest BCUT2D eigenvalue weighted by molar-refractivity contribution is -0.149. The Bertz CT molecular complexity index is 346. The highest BCUT2D eigenvalue weighted by atomic mass is 16.5. The minimum Gasteiger partial charge on any atom is -0.469 e. The van der Waals surface area contributed by atoms with Crippen molar-refractivity contribution in [2.75, 3.05) is 20.3 Å². The fraction of sp³-hybridized carbons (Fsp3) is 0.455. The van der Waals surface area contributed by atoms with Crippen molar-refractivity contribution in [3.05, 3.63) is 30.1 Å². The molecule has 2 heterocycles. The maximum absolute atomic E-state index is 11.3. The highest BCUT2D eigenvalue weighted by Gasteiger charge is 2.43. The summed E-state index contributed by atoms with van der Waals surface area (Å²) in [7, 11) is 1.40. The molecule has 0 atom stereocenters. The summed E-state index contributed by atoms with van der Waals surface area (Å²) >= 11 is 0. The van der Waals surface area contributed by atoms with Gasteiger partial charge in [0.15, 0.2) is 0 Å². The van der Waals surface area contributed by atoms with E-state index in [1.807, 2.05) is 18.2 Å². The topological polar surface area (TPSA) is 48.4 Å². The number of hydrogen-bond acceptors (Lipinski definition) is 4. The molecule has 1 fully saturated rings. The maximum Gasteiger partial charge on any atom is 0.306 e. The number of esters is 1. The van der Waals surface area contributed by atoms with Crippen LogP contribution in [0.15, 0.2) is 24.4 Å². The summed E-state index contributed by atoms with van der Waals surface area (Å²) in [6.07, 6.45) is 2.06. The van der Waals surface area contributed by atoms with E-state index in [9.17, 15) is 4.79 Å². The SMILES string of the molecule is COC(=O)CC1(c2ccccn2)COC1. The van der Waals surface area contributed by atoms with E-state index in [1.54, 1.807) is 6.20 Å². The van der Waals surface area contributed by atoms with Crippen LogP contribution in [0, 0.1) is 0 Å². The van der Waals surface area contributed by atoms with Gasteiger partial charge in [-0.1, -0.05) is 6.07 Å². The molecule has 0 radical (unpaired) electrons.